The zero-order chi connectivity index (χ0) is 37.5. The Morgan fingerprint density at radius 2 is 0.961 bits per heavy atom. The molecule has 0 radical (unpaired) electrons. The second-order valence-electron chi connectivity index (χ2n) is 14.2. The van der Waals surface area contributed by atoms with Gasteiger partial charge in [-0.25, -0.2) is 4.57 Å². The summed E-state index contributed by atoms with van der Waals surface area (Å²) < 4.78 is 32.7. The van der Waals surface area contributed by atoms with Crippen molar-refractivity contribution in [2.24, 2.45) is 5.73 Å². The average molecular weight is 746 g/mol. The van der Waals surface area contributed by atoms with Gasteiger partial charge in [0.2, 0.25) is 0 Å². The fourth-order valence-corrected chi connectivity index (χ4v) is 6.75. The van der Waals surface area contributed by atoms with E-state index in [1.807, 2.05) is 0 Å². The Kier molecular flexibility index (Phi) is 37.5. The number of rotatable bonds is 40. The van der Waals surface area contributed by atoms with Crippen molar-refractivity contribution in [3.8, 4) is 0 Å². The molecule has 0 bridgehead atoms. The Morgan fingerprint density at radius 3 is 1.39 bits per heavy atom. The smallest absolute Gasteiger partial charge is 0.462 e. The fourth-order valence-electron chi connectivity index (χ4n) is 5.98. The molecule has 2 atom stereocenters. The van der Waals surface area contributed by atoms with Gasteiger partial charge in [-0.05, 0) is 38.5 Å². The van der Waals surface area contributed by atoms with Crippen LogP contribution in [0, 0.1) is 0 Å². The van der Waals surface area contributed by atoms with E-state index >= 15 is 0 Å². The van der Waals surface area contributed by atoms with E-state index in [1.54, 1.807) is 0 Å². The van der Waals surface area contributed by atoms with Crippen LogP contribution in [-0.4, -0.2) is 49.3 Å². The highest BCUT2D eigenvalue weighted by atomic mass is 31.2. The van der Waals surface area contributed by atoms with E-state index in [0.29, 0.717) is 6.42 Å². The molecule has 0 saturated carbocycles. The maximum Gasteiger partial charge on any atom is 0.472 e. The van der Waals surface area contributed by atoms with Crippen molar-refractivity contribution in [2.75, 3.05) is 26.4 Å². The van der Waals surface area contributed by atoms with Crippen molar-refractivity contribution >= 4 is 19.8 Å². The molecule has 0 spiro atoms. The molecule has 0 aliphatic carbocycles. The molecule has 10 heteroatoms. The molecule has 1 unspecified atom stereocenters. The number of ether oxygens (including phenoxy) is 2. The number of allylic oxidation sites excluding steroid dienone is 2. The highest BCUT2D eigenvalue weighted by Gasteiger charge is 2.26. The standard InChI is InChI=1S/C41H80NO8P/c1-3-5-7-9-11-13-15-17-19-21-23-25-27-29-31-33-40(43)47-37-39(38-49-51(45,46)48-36-35-42)50-41(44)34-32-30-28-26-24-22-20-18-16-14-12-10-8-6-4-2/h17,19,39H,3-16,18,20-38,42H2,1-2H3,(H,45,46)/b19-17+/t39-/m1/s1. The number of phosphoric ester groups is 1. The van der Waals surface area contributed by atoms with Crippen LogP contribution in [0.15, 0.2) is 12.2 Å². The summed E-state index contributed by atoms with van der Waals surface area (Å²) in [4.78, 5) is 34.8. The van der Waals surface area contributed by atoms with Crippen LogP contribution in [0.3, 0.4) is 0 Å². The minimum absolute atomic E-state index is 0.0551. The SMILES string of the molecule is CCCCCCCC/C=C/CCCCCCCC(=O)OC[C@H](COP(=O)(O)OCCN)OC(=O)CCCCCCCCCCCCCCCCC. The molecule has 302 valence electrons. The molecular weight excluding hydrogens is 665 g/mol. The first-order valence-electron chi connectivity index (χ1n) is 21.2. The first kappa shape index (κ1) is 49.8. The number of hydrogen-bond acceptors (Lipinski definition) is 8. The third-order valence-electron chi connectivity index (χ3n) is 9.15. The van der Waals surface area contributed by atoms with Crippen LogP contribution < -0.4 is 5.73 Å². The third kappa shape index (κ3) is 38.3. The van der Waals surface area contributed by atoms with Crippen LogP contribution in [0.1, 0.15) is 206 Å². The first-order chi connectivity index (χ1) is 24.8. The molecule has 0 aromatic rings. The van der Waals surface area contributed by atoms with Crippen molar-refractivity contribution in [1.29, 1.82) is 0 Å². The molecule has 0 fully saturated rings. The Morgan fingerprint density at radius 1 is 0.569 bits per heavy atom. The number of carbonyl (C=O) groups is 2. The number of esters is 2. The zero-order valence-electron chi connectivity index (χ0n) is 33.1. The molecule has 51 heavy (non-hydrogen) atoms. The molecule has 0 heterocycles. The molecule has 0 aromatic carbocycles. The van der Waals surface area contributed by atoms with Gasteiger partial charge in [0, 0.05) is 19.4 Å². The lowest BCUT2D eigenvalue weighted by atomic mass is 10.0. The van der Waals surface area contributed by atoms with Crippen molar-refractivity contribution in [3.05, 3.63) is 12.2 Å². The number of unbranched alkanes of at least 4 members (excludes halogenated alkanes) is 25. The van der Waals surface area contributed by atoms with Crippen LogP contribution in [0.25, 0.3) is 0 Å². The summed E-state index contributed by atoms with van der Waals surface area (Å²) in [5, 5.41) is 0. The first-order valence-corrected chi connectivity index (χ1v) is 22.7. The molecule has 0 rings (SSSR count). The van der Waals surface area contributed by atoms with E-state index in [2.05, 4.69) is 26.0 Å². The van der Waals surface area contributed by atoms with E-state index in [0.717, 1.165) is 51.4 Å². The van der Waals surface area contributed by atoms with E-state index in [9.17, 15) is 19.0 Å². The maximum atomic E-state index is 12.6. The van der Waals surface area contributed by atoms with Crippen LogP contribution in [0.5, 0.6) is 0 Å². The summed E-state index contributed by atoms with van der Waals surface area (Å²) in [7, 11) is -4.37. The van der Waals surface area contributed by atoms with Crippen LogP contribution in [-0.2, 0) is 32.7 Å². The maximum absolute atomic E-state index is 12.6. The van der Waals surface area contributed by atoms with Crippen molar-refractivity contribution < 1.29 is 37.6 Å². The highest BCUT2D eigenvalue weighted by Crippen LogP contribution is 2.43. The topological polar surface area (TPSA) is 134 Å². The second kappa shape index (κ2) is 38.5. The molecule has 0 amide bonds. The van der Waals surface area contributed by atoms with Gasteiger partial charge in [-0.15, -0.1) is 0 Å². The minimum atomic E-state index is -4.37. The molecule has 0 aliphatic heterocycles. The van der Waals surface area contributed by atoms with E-state index in [-0.39, 0.29) is 38.6 Å². The van der Waals surface area contributed by atoms with Gasteiger partial charge in [0.15, 0.2) is 6.10 Å². The van der Waals surface area contributed by atoms with Gasteiger partial charge < -0.3 is 20.1 Å². The molecule has 0 aliphatic rings. The summed E-state index contributed by atoms with van der Waals surface area (Å²) >= 11 is 0. The van der Waals surface area contributed by atoms with Gasteiger partial charge in [0.25, 0.3) is 0 Å². The van der Waals surface area contributed by atoms with Crippen LogP contribution in [0.4, 0.5) is 0 Å². The Hall–Kier alpha value is -1.25. The van der Waals surface area contributed by atoms with E-state index < -0.39 is 26.5 Å². The molecule has 3 N–H and O–H groups in total. The van der Waals surface area contributed by atoms with Gasteiger partial charge in [-0.1, -0.05) is 167 Å². The number of phosphoric acid groups is 1. The summed E-state index contributed by atoms with van der Waals surface area (Å²) in [6.07, 6.45) is 38.1. The normalized spacial score (nSPS) is 13.4. The van der Waals surface area contributed by atoms with Crippen molar-refractivity contribution in [2.45, 2.75) is 213 Å². The molecule has 9 nitrogen and oxygen atoms in total. The van der Waals surface area contributed by atoms with E-state index in [4.69, 9.17) is 24.3 Å². The third-order valence-corrected chi connectivity index (χ3v) is 10.1. The quantitative estimate of drug-likeness (QED) is 0.0272. The zero-order valence-corrected chi connectivity index (χ0v) is 34.0. The Balaban J connectivity index is 4.15. The van der Waals surface area contributed by atoms with Crippen LogP contribution >= 0.6 is 7.82 Å². The second-order valence-corrected chi connectivity index (χ2v) is 15.7. The lowest BCUT2D eigenvalue weighted by Gasteiger charge is -2.19. The minimum Gasteiger partial charge on any atom is -0.462 e. The average Bonchev–Trinajstić information content (AvgIpc) is 3.11. The molecule has 0 aromatic heterocycles. The van der Waals surface area contributed by atoms with Crippen molar-refractivity contribution in [3.63, 3.8) is 0 Å². The lowest BCUT2D eigenvalue weighted by molar-refractivity contribution is -0.161. The largest absolute Gasteiger partial charge is 0.472 e. The monoisotopic (exact) mass is 746 g/mol. The summed E-state index contributed by atoms with van der Waals surface area (Å²) in [6, 6.07) is 0. The Labute approximate surface area is 313 Å². The van der Waals surface area contributed by atoms with Gasteiger partial charge in [-0.3, -0.25) is 18.6 Å². The van der Waals surface area contributed by atoms with Gasteiger partial charge in [-0.2, -0.15) is 0 Å². The predicted octanol–water partition coefficient (Wildman–Crippen LogP) is 11.8. The van der Waals surface area contributed by atoms with Crippen LogP contribution in [0.2, 0.25) is 0 Å². The number of hydrogen-bond donors (Lipinski definition) is 2. The van der Waals surface area contributed by atoms with Gasteiger partial charge in [0.1, 0.15) is 6.61 Å². The van der Waals surface area contributed by atoms with E-state index in [1.165, 1.54) is 122 Å². The summed E-state index contributed by atoms with van der Waals surface area (Å²) in [5.74, 6) is -0.829. The van der Waals surface area contributed by atoms with Gasteiger partial charge >= 0.3 is 19.8 Å². The molecule has 0 saturated heterocycles. The van der Waals surface area contributed by atoms with Gasteiger partial charge in [0.05, 0.1) is 13.2 Å². The lowest BCUT2D eigenvalue weighted by Crippen LogP contribution is -2.29. The van der Waals surface area contributed by atoms with Crippen molar-refractivity contribution in [1.82, 2.24) is 0 Å². The number of carbonyl (C=O) groups excluding carboxylic acids is 2. The summed E-state index contributed by atoms with van der Waals surface area (Å²) in [6.45, 7) is 3.74. The fraction of sp³-hybridized carbons (Fsp3) is 0.902. The molecular formula is C41H80NO8P. The number of nitrogens with two attached hydrogens (primary N) is 1. The highest BCUT2D eigenvalue weighted by molar-refractivity contribution is 7.47. The summed E-state index contributed by atoms with van der Waals surface area (Å²) in [5.41, 5.74) is 5.34. The Bertz CT molecular complexity index is 856. The predicted molar refractivity (Wildman–Crippen MR) is 211 cm³/mol.